The van der Waals surface area contributed by atoms with Gasteiger partial charge in [0.2, 0.25) is 5.89 Å². The molecule has 1 fully saturated rings. The van der Waals surface area contributed by atoms with Crippen LogP contribution in [0.3, 0.4) is 0 Å². The van der Waals surface area contributed by atoms with Crippen molar-refractivity contribution in [3.8, 4) is 0 Å². The zero-order chi connectivity index (χ0) is 11.4. The first-order chi connectivity index (χ1) is 7.75. The summed E-state index contributed by atoms with van der Waals surface area (Å²) in [5.74, 6) is 1.67. The fraction of sp³-hybridized carbons (Fsp3) is 0.750. The van der Waals surface area contributed by atoms with Crippen LogP contribution in [0.4, 0.5) is 0 Å². The molecule has 1 aromatic heterocycles. The molecular formula is C12H21N3O. The quantitative estimate of drug-likeness (QED) is 0.841. The maximum atomic E-state index is 5.41. The second-order valence-corrected chi connectivity index (χ2v) is 4.63. The smallest absolute Gasteiger partial charge is 0.208 e. The van der Waals surface area contributed by atoms with Crippen molar-refractivity contribution in [2.24, 2.45) is 0 Å². The summed E-state index contributed by atoms with van der Waals surface area (Å²) in [6, 6.07) is 0.671. The fourth-order valence-corrected chi connectivity index (χ4v) is 2.23. The van der Waals surface area contributed by atoms with Crippen LogP contribution >= 0.6 is 0 Å². The highest BCUT2D eigenvalue weighted by Crippen LogP contribution is 2.14. The topological polar surface area (TPSA) is 41.3 Å². The second-order valence-electron chi connectivity index (χ2n) is 4.63. The number of hydrogen-bond donors (Lipinski definition) is 1. The van der Waals surface area contributed by atoms with Crippen LogP contribution in [0.5, 0.6) is 0 Å². The number of aromatic nitrogens is 1. The van der Waals surface area contributed by atoms with Crippen LogP contribution in [0.15, 0.2) is 10.6 Å². The van der Waals surface area contributed by atoms with E-state index < -0.39 is 0 Å². The molecule has 0 saturated carbocycles. The Morgan fingerprint density at radius 3 is 3.12 bits per heavy atom. The van der Waals surface area contributed by atoms with Crippen molar-refractivity contribution in [2.75, 3.05) is 20.1 Å². The van der Waals surface area contributed by atoms with Crippen LogP contribution in [0.25, 0.3) is 0 Å². The van der Waals surface area contributed by atoms with E-state index in [1.54, 1.807) is 6.20 Å². The molecule has 0 radical (unpaired) electrons. The van der Waals surface area contributed by atoms with Gasteiger partial charge >= 0.3 is 0 Å². The molecule has 0 amide bonds. The van der Waals surface area contributed by atoms with Crippen LogP contribution in [-0.4, -0.2) is 36.1 Å². The molecule has 2 heterocycles. The maximum absolute atomic E-state index is 5.41. The van der Waals surface area contributed by atoms with E-state index in [4.69, 9.17) is 4.42 Å². The van der Waals surface area contributed by atoms with Crippen molar-refractivity contribution in [3.05, 3.63) is 17.8 Å². The molecule has 4 heteroatoms. The third kappa shape index (κ3) is 3.06. The fourth-order valence-electron chi connectivity index (χ4n) is 2.23. The lowest BCUT2D eigenvalue weighted by atomic mass is 10.0. The van der Waals surface area contributed by atoms with Gasteiger partial charge < -0.3 is 14.6 Å². The summed E-state index contributed by atoms with van der Waals surface area (Å²) in [7, 11) is 2.21. The molecule has 1 aliphatic rings. The van der Waals surface area contributed by atoms with E-state index >= 15 is 0 Å². The van der Waals surface area contributed by atoms with Crippen molar-refractivity contribution >= 4 is 0 Å². The average molecular weight is 223 g/mol. The highest BCUT2D eigenvalue weighted by molar-refractivity contribution is 4.90. The first-order valence-corrected chi connectivity index (χ1v) is 6.08. The van der Waals surface area contributed by atoms with Crippen molar-refractivity contribution in [1.82, 2.24) is 15.2 Å². The number of likely N-dealkylation sites (N-methyl/N-ethyl adjacent to an activating group) is 1. The molecule has 0 aliphatic carbocycles. The Balaban J connectivity index is 1.71. The Bertz CT molecular complexity index is 324. The normalized spacial score (nSPS) is 22.5. The number of aryl methyl sites for hydroxylation is 1. The number of piperidine rings is 1. The van der Waals surface area contributed by atoms with E-state index in [-0.39, 0.29) is 0 Å². The van der Waals surface area contributed by atoms with Gasteiger partial charge in [0, 0.05) is 12.6 Å². The SMILES string of the molecule is Cc1cnc(CNCC2CCCCN2C)o1. The lowest BCUT2D eigenvalue weighted by Crippen LogP contribution is -2.42. The van der Waals surface area contributed by atoms with E-state index in [1.165, 1.54) is 25.8 Å². The molecule has 0 bridgehead atoms. The van der Waals surface area contributed by atoms with E-state index in [0.29, 0.717) is 6.04 Å². The molecule has 90 valence electrons. The molecule has 0 aromatic carbocycles. The van der Waals surface area contributed by atoms with E-state index in [1.807, 2.05) is 6.92 Å². The van der Waals surface area contributed by atoms with Crippen LogP contribution in [0.2, 0.25) is 0 Å². The van der Waals surface area contributed by atoms with Gasteiger partial charge in [-0.2, -0.15) is 0 Å². The monoisotopic (exact) mass is 223 g/mol. The van der Waals surface area contributed by atoms with Crippen LogP contribution in [0.1, 0.15) is 30.9 Å². The van der Waals surface area contributed by atoms with Crippen molar-refractivity contribution < 1.29 is 4.42 Å². The molecule has 1 aromatic rings. The minimum atomic E-state index is 0.671. The maximum Gasteiger partial charge on any atom is 0.208 e. The zero-order valence-corrected chi connectivity index (χ0v) is 10.2. The van der Waals surface area contributed by atoms with Gasteiger partial charge in [-0.25, -0.2) is 4.98 Å². The average Bonchev–Trinajstić information content (AvgIpc) is 2.67. The van der Waals surface area contributed by atoms with Gasteiger partial charge in [0.15, 0.2) is 0 Å². The van der Waals surface area contributed by atoms with Crippen molar-refractivity contribution in [1.29, 1.82) is 0 Å². The van der Waals surface area contributed by atoms with Gasteiger partial charge in [-0.1, -0.05) is 6.42 Å². The molecule has 4 nitrogen and oxygen atoms in total. The molecule has 2 rings (SSSR count). The highest BCUT2D eigenvalue weighted by Gasteiger charge is 2.18. The highest BCUT2D eigenvalue weighted by atomic mass is 16.4. The first-order valence-electron chi connectivity index (χ1n) is 6.08. The number of likely N-dealkylation sites (tertiary alicyclic amines) is 1. The molecular weight excluding hydrogens is 202 g/mol. The largest absolute Gasteiger partial charge is 0.445 e. The van der Waals surface area contributed by atoms with E-state index in [9.17, 15) is 0 Å². The van der Waals surface area contributed by atoms with Gasteiger partial charge in [-0.3, -0.25) is 0 Å². The lowest BCUT2D eigenvalue weighted by Gasteiger charge is -2.32. The van der Waals surface area contributed by atoms with Gasteiger partial charge in [0.05, 0.1) is 12.7 Å². The Morgan fingerprint density at radius 2 is 2.44 bits per heavy atom. The molecule has 1 N–H and O–H groups in total. The summed E-state index contributed by atoms with van der Waals surface area (Å²) in [5.41, 5.74) is 0. The Kier molecular flexibility index (Phi) is 3.96. The minimum Gasteiger partial charge on any atom is -0.445 e. The summed E-state index contributed by atoms with van der Waals surface area (Å²) in [4.78, 5) is 6.62. The van der Waals surface area contributed by atoms with Crippen LogP contribution in [0, 0.1) is 6.92 Å². The summed E-state index contributed by atoms with van der Waals surface area (Å²) < 4.78 is 5.41. The summed E-state index contributed by atoms with van der Waals surface area (Å²) in [5, 5.41) is 3.42. The molecule has 1 aliphatic heterocycles. The van der Waals surface area contributed by atoms with E-state index in [2.05, 4.69) is 22.2 Å². The Hall–Kier alpha value is -0.870. The third-order valence-corrected chi connectivity index (χ3v) is 3.25. The molecule has 0 spiro atoms. The molecule has 1 unspecified atom stereocenters. The van der Waals surface area contributed by atoms with Crippen LogP contribution < -0.4 is 5.32 Å². The Labute approximate surface area is 97.0 Å². The number of nitrogens with zero attached hydrogens (tertiary/aromatic N) is 2. The van der Waals surface area contributed by atoms with Gasteiger partial charge in [-0.05, 0) is 33.4 Å². The van der Waals surface area contributed by atoms with E-state index in [0.717, 1.165) is 24.7 Å². The second kappa shape index (κ2) is 5.46. The number of hydrogen-bond acceptors (Lipinski definition) is 4. The molecule has 16 heavy (non-hydrogen) atoms. The number of oxazole rings is 1. The summed E-state index contributed by atoms with van der Waals surface area (Å²) in [6.45, 7) is 4.91. The van der Waals surface area contributed by atoms with Crippen molar-refractivity contribution in [2.45, 2.75) is 38.8 Å². The lowest BCUT2D eigenvalue weighted by molar-refractivity contribution is 0.180. The Morgan fingerprint density at radius 1 is 1.56 bits per heavy atom. The standard InChI is InChI=1S/C12H21N3O/c1-10-7-14-12(16-10)9-13-8-11-5-3-4-6-15(11)2/h7,11,13H,3-6,8-9H2,1-2H3. The predicted molar refractivity (Wildman–Crippen MR) is 63.2 cm³/mol. The molecule has 1 atom stereocenters. The number of rotatable bonds is 4. The first kappa shape index (κ1) is 11.6. The summed E-state index contributed by atoms with van der Waals surface area (Å²) in [6.07, 6.45) is 5.76. The van der Waals surface area contributed by atoms with Gasteiger partial charge in [-0.15, -0.1) is 0 Å². The molecule has 1 saturated heterocycles. The minimum absolute atomic E-state index is 0.671. The van der Waals surface area contributed by atoms with Gasteiger partial charge in [0.25, 0.3) is 0 Å². The van der Waals surface area contributed by atoms with Crippen LogP contribution in [-0.2, 0) is 6.54 Å². The number of nitrogens with one attached hydrogen (secondary N) is 1. The third-order valence-electron chi connectivity index (χ3n) is 3.25. The summed E-state index contributed by atoms with van der Waals surface area (Å²) >= 11 is 0. The predicted octanol–water partition coefficient (Wildman–Crippen LogP) is 1.56. The van der Waals surface area contributed by atoms with Crippen molar-refractivity contribution in [3.63, 3.8) is 0 Å². The van der Waals surface area contributed by atoms with Gasteiger partial charge in [0.1, 0.15) is 5.76 Å². The zero-order valence-electron chi connectivity index (χ0n) is 10.2.